The molecule has 0 amide bonds. The van der Waals surface area contributed by atoms with Gasteiger partial charge in [0.05, 0.1) is 5.56 Å². The van der Waals surface area contributed by atoms with Crippen LogP contribution in [0.25, 0.3) is 0 Å². The van der Waals surface area contributed by atoms with Crippen LogP contribution in [0.4, 0.5) is 0 Å². The van der Waals surface area contributed by atoms with Gasteiger partial charge < -0.3 is 5.11 Å². The summed E-state index contributed by atoms with van der Waals surface area (Å²) in [5.41, 5.74) is 1.70. The Kier molecular flexibility index (Phi) is 4.40. The average molecular weight is 246 g/mol. The molecule has 1 aromatic rings. The molecule has 0 aliphatic heterocycles. The first-order chi connectivity index (χ1) is 8.70. The summed E-state index contributed by atoms with van der Waals surface area (Å²) in [6.07, 6.45) is 7.85. The largest absolute Gasteiger partial charge is 0.478 e. The normalized spacial score (nSPS) is 23.8. The predicted molar refractivity (Wildman–Crippen MR) is 73.0 cm³/mol. The molecule has 0 heterocycles. The molecule has 2 heteroatoms. The first-order valence-corrected chi connectivity index (χ1v) is 7.04. The molecule has 0 aromatic heterocycles. The lowest BCUT2D eigenvalue weighted by molar-refractivity contribution is 0.0697. The van der Waals surface area contributed by atoms with E-state index in [-0.39, 0.29) is 0 Å². The van der Waals surface area contributed by atoms with Crippen LogP contribution >= 0.6 is 0 Å². The SMILES string of the molecule is CCCC1CCC(c2ccc(C(=O)O)cc2)CC1. The van der Waals surface area contributed by atoms with Crippen LogP contribution in [0, 0.1) is 5.92 Å². The van der Waals surface area contributed by atoms with Crippen molar-refractivity contribution >= 4 is 5.97 Å². The predicted octanol–water partition coefficient (Wildman–Crippen LogP) is 4.46. The van der Waals surface area contributed by atoms with Gasteiger partial charge in [-0.15, -0.1) is 0 Å². The lowest BCUT2D eigenvalue weighted by Gasteiger charge is -2.28. The second-order valence-electron chi connectivity index (χ2n) is 5.43. The third kappa shape index (κ3) is 3.12. The van der Waals surface area contributed by atoms with Crippen LogP contribution < -0.4 is 0 Å². The van der Waals surface area contributed by atoms with E-state index in [1.807, 2.05) is 12.1 Å². The Morgan fingerprint density at radius 1 is 1.17 bits per heavy atom. The van der Waals surface area contributed by atoms with E-state index >= 15 is 0 Å². The lowest BCUT2D eigenvalue weighted by atomic mass is 9.77. The highest BCUT2D eigenvalue weighted by Crippen LogP contribution is 2.37. The van der Waals surface area contributed by atoms with Gasteiger partial charge in [-0.1, -0.05) is 31.9 Å². The van der Waals surface area contributed by atoms with Gasteiger partial charge in [0, 0.05) is 0 Å². The number of aromatic carboxylic acids is 1. The highest BCUT2D eigenvalue weighted by atomic mass is 16.4. The number of hydrogen-bond donors (Lipinski definition) is 1. The van der Waals surface area contributed by atoms with Crippen LogP contribution in [0.2, 0.25) is 0 Å². The minimum atomic E-state index is -0.840. The zero-order chi connectivity index (χ0) is 13.0. The van der Waals surface area contributed by atoms with Crippen LogP contribution in [0.3, 0.4) is 0 Å². The van der Waals surface area contributed by atoms with Crippen LogP contribution in [-0.4, -0.2) is 11.1 Å². The van der Waals surface area contributed by atoms with Crippen molar-refractivity contribution in [1.82, 2.24) is 0 Å². The molecule has 98 valence electrons. The number of benzene rings is 1. The number of hydrogen-bond acceptors (Lipinski definition) is 1. The van der Waals surface area contributed by atoms with Crippen LogP contribution in [0.5, 0.6) is 0 Å². The molecule has 0 radical (unpaired) electrons. The molecule has 1 aromatic carbocycles. The molecule has 0 unspecified atom stereocenters. The minimum Gasteiger partial charge on any atom is -0.478 e. The fraction of sp³-hybridized carbons (Fsp3) is 0.562. The molecule has 0 bridgehead atoms. The van der Waals surface area contributed by atoms with Crippen molar-refractivity contribution in [2.45, 2.75) is 51.4 Å². The van der Waals surface area contributed by atoms with Crippen molar-refractivity contribution in [2.75, 3.05) is 0 Å². The summed E-state index contributed by atoms with van der Waals surface area (Å²) in [6.45, 7) is 2.26. The summed E-state index contributed by atoms with van der Waals surface area (Å²) in [6, 6.07) is 7.45. The van der Waals surface area contributed by atoms with Crippen molar-refractivity contribution in [2.24, 2.45) is 5.92 Å². The summed E-state index contributed by atoms with van der Waals surface area (Å²) in [4.78, 5) is 10.8. The third-order valence-corrected chi connectivity index (χ3v) is 4.17. The molecular formula is C16H22O2. The topological polar surface area (TPSA) is 37.3 Å². The number of carboxylic acids is 1. The highest BCUT2D eigenvalue weighted by molar-refractivity contribution is 5.87. The third-order valence-electron chi connectivity index (χ3n) is 4.17. The molecule has 0 atom stereocenters. The van der Waals surface area contributed by atoms with E-state index in [0.29, 0.717) is 11.5 Å². The lowest BCUT2D eigenvalue weighted by Crippen LogP contribution is -2.13. The summed E-state index contributed by atoms with van der Waals surface area (Å²) in [5.74, 6) is 0.721. The van der Waals surface area contributed by atoms with Crippen molar-refractivity contribution in [1.29, 1.82) is 0 Å². The fourth-order valence-corrected chi connectivity index (χ4v) is 3.09. The molecule has 1 aliphatic rings. The van der Waals surface area contributed by atoms with Gasteiger partial charge in [-0.05, 0) is 55.2 Å². The van der Waals surface area contributed by atoms with E-state index in [2.05, 4.69) is 6.92 Å². The van der Waals surface area contributed by atoms with E-state index in [0.717, 1.165) is 5.92 Å². The van der Waals surface area contributed by atoms with Gasteiger partial charge in [0.15, 0.2) is 0 Å². The van der Waals surface area contributed by atoms with Crippen LogP contribution in [-0.2, 0) is 0 Å². The highest BCUT2D eigenvalue weighted by Gasteiger charge is 2.21. The smallest absolute Gasteiger partial charge is 0.335 e. The Labute approximate surface area is 109 Å². The maximum absolute atomic E-state index is 10.8. The summed E-state index contributed by atoms with van der Waals surface area (Å²) in [5, 5.41) is 8.88. The molecule has 1 aliphatic carbocycles. The second-order valence-corrected chi connectivity index (χ2v) is 5.43. The van der Waals surface area contributed by atoms with Gasteiger partial charge in [-0.2, -0.15) is 0 Å². The molecule has 2 nitrogen and oxygen atoms in total. The molecule has 1 N–H and O–H groups in total. The molecular weight excluding hydrogens is 224 g/mol. The molecule has 2 rings (SSSR count). The van der Waals surface area contributed by atoms with Gasteiger partial charge in [0.25, 0.3) is 0 Å². The van der Waals surface area contributed by atoms with Crippen molar-refractivity contribution in [3.8, 4) is 0 Å². The van der Waals surface area contributed by atoms with Gasteiger partial charge >= 0.3 is 5.97 Å². The Morgan fingerprint density at radius 3 is 2.28 bits per heavy atom. The molecule has 0 saturated heterocycles. The Bertz CT molecular complexity index is 386. The first-order valence-electron chi connectivity index (χ1n) is 7.04. The van der Waals surface area contributed by atoms with Gasteiger partial charge in [0.2, 0.25) is 0 Å². The van der Waals surface area contributed by atoms with Crippen LogP contribution in [0.1, 0.15) is 67.3 Å². The molecule has 1 fully saturated rings. The van der Waals surface area contributed by atoms with Gasteiger partial charge in [0.1, 0.15) is 0 Å². The quantitative estimate of drug-likeness (QED) is 0.851. The standard InChI is InChI=1S/C16H22O2/c1-2-3-12-4-6-13(7-5-12)14-8-10-15(11-9-14)16(17)18/h8-13H,2-7H2,1H3,(H,17,18). The molecule has 0 spiro atoms. The fourth-order valence-electron chi connectivity index (χ4n) is 3.09. The minimum absolute atomic E-state index is 0.387. The summed E-state index contributed by atoms with van der Waals surface area (Å²) in [7, 11) is 0. The Morgan fingerprint density at radius 2 is 1.78 bits per heavy atom. The van der Waals surface area contributed by atoms with E-state index in [4.69, 9.17) is 5.11 Å². The number of rotatable bonds is 4. The van der Waals surface area contributed by atoms with Crippen molar-refractivity contribution in [3.05, 3.63) is 35.4 Å². The number of carbonyl (C=O) groups is 1. The second kappa shape index (κ2) is 6.03. The van der Waals surface area contributed by atoms with Crippen molar-refractivity contribution < 1.29 is 9.90 Å². The summed E-state index contributed by atoms with van der Waals surface area (Å²) >= 11 is 0. The summed E-state index contributed by atoms with van der Waals surface area (Å²) < 4.78 is 0. The Hall–Kier alpha value is -1.31. The zero-order valence-corrected chi connectivity index (χ0v) is 11.1. The van der Waals surface area contributed by atoms with Gasteiger partial charge in [-0.25, -0.2) is 4.79 Å². The van der Waals surface area contributed by atoms with Crippen molar-refractivity contribution in [3.63, 3.8) is 0 Å². The maximum atomic E-state index is 10.8. The molecule has 18 heavy (non-hydrogen) atoms. The average Bonchev–Trinajstić information content (AvgIpc) is 2.40. The monoisotopic (exact) mass is 246 g/mol. The maximum Gasteiger partial charge on any atom is 0.335 e. The Balaban J connectivity index is 1.95. The van der Waals surface area contributed by atoms with E-state index < -0.39 is 5.97 Å². The van der Waals surface area contributed by atoms with Gasteiger partial charge in [-0.3, -0.25) is 0 Å². The van der Waals surface area contributed by atoms with E-state index in [1.54, 1.807) is 12.1 Å². The zero-order valence-electron chi connectivity index (χ0n) is 11.1. The van der Waals surface area contributed by atoms with Crippen LogP contribution in [0.15, 0.2) is 24.3 Å². The first kappa shape index (κ1) is 13.1. The molecule has 1 saturated carbocycles. The van der Waals surface area contributed by atoms with E-state index in [1.165, 1.54) is 44.1 Å². The van der Waals surface area contributed by atoms with E-state index in [9.17, 15) is 4.79 Å². The number of carboxylic acid groups (broad SMARTS) is 1.